The van der Waals surface area contributed by atoms with E-state index in [1.165, 1.54) is 6.20 Å². The van der Waals surface area contributed by atoms with Crippen LogP contribution in [0.15, 0.2) is 40.9 Å². The number of halogens is 3. The monoisotopic (exact) mass is 341 g/mol. The van der Waals surface area contributed by atoms with E-state index in [1.807, 2.05) is 12.1 Å². The molecule has 1 aromatic carbocycles. The minimum atomic E-state index is -0.485. The fourth-order valence-corrected chi connectivity index (χ4v) is 2.78. The molecular formula is C14H10Cl3N3O. The maximum absolute atomic E-state index is 6.17. The molecule has 1 atom stereocenters. The summed E-state index contributed by atoms with van der Waals surface area (Å²) in [7, 11) is 0. The van der Waals surface area contributed by atoms with E-state index in [0.29, 0.717) is 32.1 Å². The first kappa shape index (κ1) is 14.6. The van der Waals surface area contributed by atoms with Gasteiger partial charge in [0.25, 0.3) is 0 Å². The number of nitrogens with two attached hydrogens (primary N) is 1. The van der Waals surface area contributed by atoms with Crippen molar-refractivity contribution in [1.29, 1.82) is 0 Å². The van der Waals surface area contributed by atoms with Crippen LogP contribution in [0.25, 0.3) is 11.0 Å². The highest BCUT2D eigenvalue weighted by Crippen LogP contribution is 2.32. The van der Waals surface area contributed by atoms with Crippen LogP contribution in [-0.2, 0) is 0 Å². The maximum Gasteiger partial charge on any atom is 0.134 e. The summed E-state index contributed by atoms with van der Waals surface area (Å²) in [6, 6.07) is 8.34. The van der Waals surface area contributed by atoms with Gasteiger partial charge in [0.1, 0.15) is 17.4 Å². The molecule has 0 fully saturated rings. The highest BCUT2D eigenvalue weighted by molar-refractivity contribution is 6.34. The number of hydrogen-bond donors (Lipinski definition) is 2. The van der Waals surface area contributed by atoms with Gasteiger partial charge in [-0.15, -0.1) is 0 Å². The van der Waals surface area contributed by atoms with E-state index in [4.69, 9.17) is 45.1 Å². The third-order valence-corrected chi connectivity index (χ3v) is 3.80. The number of rotatable bonds is 3. The molecule has 21 heavy (non-hydrogen) atoms. The van der Waals surface area contributed by atoms with Gasteiger partial charge in [-0.05, 0) is 30.3 Å². The Balaban J connectivity index is 2.09. The van der Waals surface area contributed by atoms with Crippen LogP contribution in [0, 0.1) is 0 Å². The Morgan fingerprint density at radius 3 is 2.62 bits per heavy atom. The number of nitrogens with one attached hydrogen (secondary N) is 1. The van der Waals surface area contributed by atoms with Crippen LogP contribution in [0.4, 0.5) is 0 Å². The fraction of sp³-hybridized carbons (Fsp3) is 0.0714. The Hall–Kier alpha value is -1.30. The highest BCUT2D eigenvalue weighted by atomic mass is 35.5. The topological polar surface area (TPSA) is 64.1 Å². The van der Waals surface area contributed by atoms with Gasteiger partial charge in [-0.1, -0.05) is 34.8 Å². The van der Waals surface area contributed by atoms with Gasteiger partial charge in [0.15, 0.2) is 0 Å². The van der Waals surface area contributed by atoms with Gasteiger partial charge >= 0.3 is 0 Å². The minimum Gasteiger partial charge on any atom is -0.459 e. The van der Waals surface area contributed by atoms with Crippen LogP contribution < -0.4 is 11.3 Å². The second-order valence-corrected chi connectivity index (χ2v) is 5.73. The van der Waals surface area contributed by atoms with Crippen molar-refractivity contribution in [3.8, 4) is 0 Å². The van der Waals surface area contributed by atoms with Crippen molar-refractivity contribution in [2.75, 3.05) is 0 Å². The third kappa shape index (κ3) is 2.86. The zero-order chi connectivity index (χ0) is 15.0. The van der Waals surface area contributed by atoms with E-state index in [2.05, 4.69) is 10.4 Å². The standard InChI is InChI=1S/C14H10Cl3N3O/c15-8-1-2-11-7(3-8)4-12(21-11)14(20-18)13-10(17)5-9(16)6-19-13/h1-6,14,20H,18H2. The first-order chi connectivity index (χ1) is 10.1. The normalized spacial score (nSPS) is 12.8. The highest BCUT2D eigenvalue weighted by Gasteiger charge is 2.21. The van der Waals surface area contributed by atoms with Gasteiger partial charge in [-0.2, -0.15) is 0 Å². The van der Waals surface area contributed by atoms with Gasteiger partial charge in [0.05, 0.1) is 15.7 Å². The number of pyridine rings is 1. The van der Waals surface area contributed by atoms with Crippen molar-refractivity contribution in [1.82, 2.24) is 10.4 Å². The Morgan fingerprint density at radius 2 is 1.90 bits per heavy atom. The number of hydrazine groups is 1. The molecule has 2 aromatic heterocycles. The van der Waals surface area contributed by atoms with Crippen molar-refractivity contribution in [2.45, 2.75) is 6.04 Å². The molecule has 7 heteroatoms. The molecule has 0 saturated carbocycles. The summed E-state index contributed by atoms with van der Waals surface area (Å²) in [5, 5.41) is 2.37. The molecule has 3 rings (SSSR count). The lowest BCUT2D eigenvalue weighted by Gasteiger charge is -2.14. The van der Waals surface area contributed by atoms with Crippen LogP contribution in [0.1, 0.15) is 17.5 Å². The largest absolute Gasteiger partial charge is 0.459 e. The summed E-state index contributed by atoms with van der Waals surface area (Å²) in [5.74, 6) is 6.22. The van der Waals surface area contributed by atoms with Crippen molar-refractivity contribution < 1.29 is 4.42 Å². The zero-order valence-electron chi connectivity index (χ0n) is 10.6. The van der Waals surface area contributed by atoms with Gasteiger partial charge in [-0.25, -0.2) is 5.43 Å². The molecule has 3 aromatic rings. The maximum atomic E-state index is 6.17. The molecule has 0 bridgehead atoms. The second kappa shape index (κ2) is 5.83. The number of fused-ring (bicyclic) bond motifs is 1. The van der Waals surface area contributed by atoms with E-state index in [0.717, 1.165) is 5.39 Å². The van der Waals surface area contributed by atoms with Crippen molar-refractivity contribution in [2.24, 2.45) is 5.84 Å². The molecule has 0 radical (unpaired) electrons. The number of nitrogens with zero attached hydrogens (tertiary/aromatic N) is 1. The number of benzene rings is 1. The predicted octanol–water partition coefficient (Wildman–Crippen LogP) is 4.34. The van der Waals surface area contributed by atoms with E-state index in [1.54, 1.807) is 18.2 Å². The smallest absolute Gasteiger partial charge is 0.134 e. The summed E-state index contributed by atoms with van der Waals surface area (Å²) in [4.78, 5) is 4.22. The molecule has 0 aliphatic heterocycles. The summed E-state index contributed by atoms with van der Waals surface area (Å²) in [6.45, 7) is 0. The van der Waals surface area contributed by atoms with Crippen molar-refractivity contribution in [3.63, 3.8) is 0 Å². The van der Waals surface area contributed by atoms with Gasteiger partial charge in [0, 0.05) is 16.6 Å². The predicted molar refractivity (Wildman–Crippen MR) is 84.6 cm³/mol. The number of hydrogen-bond acceptors (Lipinski definition) is 4. The quantitative estimate of drug-likeness (QED) is 0.549. The van der Waals surface area contributed by atoms with Gasteiger partial charge in [0.2, 0.25) is 0 Å². The molecular weight excluding hydrogens is 333 g/mol. The molecule has 3 N–H and O–H groups in total. The molecule has 1 unspecified atom stereocenters. The lowest BCUT2D eigenvalue weighted by atomic mass is 10.1. The average molecular weight is 343 g/mol. The summed E-state index contributed by atoms with van der Waals surface area (Å²) < 4.78 is 5.78. The number of furan rings is 1. The fourth-order valence-electron chi connectivity index (χ4n) is 2.11. The van der Waals surface area contributed by atoms with Crippen LogP contribution in [-0.4, -0.2) is 4.98 Å². The summed E-state index contributed by atoms with van der Waals surface area (Å²) >= 11 is 18.0. The van der Waals surface area contributed by atoms with E-state index >= 15 is 0 Å². The Labute approximate surface area is 135 Å². The first-order valence-electron chi connectivity index (χ1n) is 6.04. The van der Waals surface area contributed by atoms with E-state index in [-0.39, 0.29) is 0 Å². The van der Waals surface area contributed by atoms with Crippen LogP contribution in [0.3, 0.4) is 0 Å². The molecule has 0 spiro atoms. The zero-order valence-corrected chi connectivity index (χ0v) is 12.9. The minimum absolute atomic E-state index is 0.406. The molecule has 2 heterocycles. The van der Waals surface area contributed by atoms with Crippen molar-refractivity contribution >= 4 is 45.8 Å². The van der Waals surface area contributed by atoms with Crippen molar-refractivity contribution in [3.05, 3.63) is 63.1 Å². The molecule has 108 valence electrons. The molecule has 0 aliphatic carbocycles. The first-order valence-corrected chi connectivity index (χ1v) is 7.18. The van der Waals surface area contributed by atoms with Crippen LogP contribution in [0.2, 0.25) is 15.1 Å². The molecule has 0 amide bonds. The lowest BCUT2D eigenvalue weighted by molar-refractivity contribution is 0.471. The summed E-state index contributed by atoms with van der Waals surface area (Å²) in [6.07, 6.45) is 1.51. The third-order valence-electron chi connectivity index (χ3n) is 3.06. The molecule has 0 aliphatic rings. The Kier molecular flexibility index (Phi) is 4.06. The average Bonchev–Trinajstić information content (AvgIpc) is 2.84. The SMILES string of the molecule is NNC(c1cc2cc(Cl)ccc2o1)c1ncc(Cl)cc1Cl. The second-order valence-electron chi connectivity index (χ2n) is 4.45. The van der Waals surface area contributed by atoms with E-state index < -0.39 is 6.04 Å². The van der Waals surface area contributed by atoms with Crippen LogP contribution in [0.5, 0.6) is 0 Å². The lowest BCUT2D eigenvalue weighted by Crippen LogP contribution is -2.29. The van der Waals surface area contributed by atoms with E-state index in [9.17, 15) is 0 Å². The summed E-state index contributed by atoms with van der Waals surface area (Å²) in [5.41, 5.74) is 3.90. The molecule has 4 nitrogen and oxygen atoms in total. The van der Waals surface area contributed by atoms with Crippen LogP contribution >= 0.6 is 34.8 Å². The Bertz CT molecular complexity index is 803. The Morgan fingerprint density at radius 1 is 1.10 bits per heavy atom. The van der Waals surface area contributed by atoms with Gasteiger partial charge < -0.3 is 4.42 Å². The molecule has 0 saturated heterocycles. The number of aromatic nitrogens is 1. The van der Waals surface area contributed by atoms with Gasteiger partial charge in [-0.3, -0.25) is 10.8 Å².